The van der Waals surface area contributed by atoms with Gasteiger partial charge in [-0.3, -0.25) is 9.69 Å². The Labute approximate surface area is 117 Å². The summed E-state index contributed by atoms with van der Waals surface area (Å²) in [5.41, 5.74) is 0.331. The standard InChI is InChI=1S/C13H17ClN2O3/c14-12-2-1-10(18)9-11(12)13(19)16-5-3-15(4-6-16)7-8-17/h1-2,9,17-18H,3-8H2. The average molecular weight is 285 g/mol. The topological polar surface area (TPSA) is 64.0 Å². The number of hydrogen-bond acceptors (Lipinski definition) is 4. The lowest BCUT2D eigenvalue weighted by atomic mass is 10.1. The first-order valence-corrected chi connectivity index (χ1v) is 6.60. The number of piperazine rings is 1. The van der Waals surface area contributed by atoms with E-state index in [-0.39, 0.29) is 18.3 Å². The van der Waals surface area contributed by atoms with E-state index in [1.807, 2.05) is 0 Å². The van der Waals surface area contributed by atoms with Crippen LogP contribution in [0.15, 0.2) is 18.2 Å². The van der Waals surface area contributed by atoms with Gasteiger partial charge < -0.3 is 15.1 Å². The third-order valence-corrected chi connectivity index (χ3v) is 3.59. The van der Waals surface area contributed by atoms with E-state index >= 15 is 0 Å². The molecule has 1 saturated heterocycles. The van der Waals surface area contributed by atoms with E-state index in [4.69, 9.17) is 16.7 Å². The lowest BCUT2D eigenvalue weighted by Gasteiger charge is -2.34. The fourth-order valence-corrected chi connectivity index (χ4v) is 2.36. The van der Waals surface area contributed by atoms with Crippen molar-refractivity contribution < 1.29 is 15.0 Å². The number of aliphatic hydroxyl groups excluding tert-OH is 1. The molecule has 6 heteroatoms. The Hall–Kier alpha value is -1.30. The number of phenolic OH excluding ortho intramolecular Hbond substituents is 1. The Bertz CT molecular complexity index is 459. The molecule has 19 heavy (non-hydrogen) atoms. The molecule has 0 spiro atoms. The highest BCUT2D eigenvalue weighted by Crippen LogP contribution is 2.23. The van der Waals surface area contributed by atoms with Crippen molar-refractivity contribution in [1.29, 1.82) is 0 Å². The molecule has 1 fully saturated rings. The van der Waals surface area contributed by atoms with Gasteiger partial charge in [0.05, 0.1) is 17.2 Å². The molecule has 2 rings (SSSR count). The van der Waals surface area contributed by atoms with Crippen molar-refractivity contribution in [3.63, 3.8) is 0 Å². The largest absolute Gasteiger partial charge is 0.508 e. The summed E-state index contributed by atoms with van der Waals surface area (Å²) in [6, 6.07) is 4.37. The number of nitrogens with zero attached hydrogens (tertiary/aromatic N) is 2. The Kier molecular flexibility index (Phi) is 4.63. The summed E-state index contributed by atoms with van der Waals surface area (Å²) in [6.45, 7) is 3.45. The maximum Gasteiger partial charge on any atom is 0.255 e. The van der Waals surface area contributed by atoms with E-state index in [2.05, 4.69) is 4.90 Å². The minimum absolute atomic E-state index is 0.0340. The number of carbonyl (C=O) groups excluding carboxylic acids is 1. The van der Waals surface area contributed by atoms with Crippen LogP contribution in [0.2, 0.25) is 5.02 Å². The number of halogens is 1. The van der Waals surface area contributed by atoms with Crippen molar-refractivity contribution in [3.8, 4) is 5.75 Å². The summed E-state index contributed by atoms with van der Waals surface area (Å²) >= 11 is 5.99. The Morgan fingerprint density at radius 1 is 1.26 bits per heavy atom. The van der Waals surface area contributed by atoms with Crippen LogP contribution in [0.25, 0.3) is 0 Å². The Balaban J connectivity index is 2.03. The molecule has 1 aliphatic heterocycles. The number of phenols is 1. The summed E-state index contributed by atoms with van der Waals surface area (Å²) in [4.78, 5) is 16.1. The molecule has 104 valence electrons. The molecule has 1 aromatic rings. The number of amides is 1. The highest BCUT2D eigenvalue weighted by Gasteiger charge is 2.23. The van der Waals surface area contributed by atoms with E-state index in [9.17, 15) is 9.90 Å². The van der Waals surface area contributed by atoms with Gasteiger partial charge in [-0.1, -0.05) is 11.6 Å². The van der Waals surface area contributed by atoms with E-state index in [0.29, 0.717) is 30.2 Å². The van der Waals surface area contributed by atoms with Gasteiger partial charge in [-0.25, -0.2) is 0 Å². The monoisotopic (exact) mass is 284 g/mol. The van der Waals surface area contributed by atoms with Crippen LogP contribution >= 0.6 is 11.6 Å². The van der Waals surface area contributed by atoms with Crippen LogP contribution in [0, 0.1) is 0 Å². The molecule has 1 aliphatic rings. The van der Waals surface area contributed by atoms with Crippen LogP contribution in [-0.2, 0) is 0 Å². The Morgan fingerprint density at radius 2 is 1.95 bits per heavy atom. The first kappa shape index (κ1) is 14.1. The number of carbonyl (C=O) groups is 1. The first-order valence-electron chi connectivity index (χ1n) is 6.23. The van der Waals surface area contributed by atoms with Crippen LogP contribution < -0.4 is 0 Å². The SMILES string of the molecule is O=C(c1cc(O)ccc1Cl)N1CCN(CCO)CC1. The molecule has 0 radical (unpaired) electrons. The van der Waals surface area contributed by atoms with Crippen molar-refractivity contribution in [3.05, 3.63) is 28.8 Å². The minimum atomic E-state index is -0.162. The normalized spacial score (nSPS) is 16.6. The molecule has 0 bridgehead atoms. The molecule has 0 unspecified atom stereocenters. The summed E-state index contributed by atoms with van der Waals surface area (Å²) in [5, 5.41) is 18.7. The predicted molar refractivity (Wildman–Crippen MR) is 72.5 cm³/mol. The zero-order chi connectivity index (χ0) is 13.8. The summed E-state index contributed by atoms with van der Waals surface area (Å²) < 4.78 is 0. The van der Waals surface area contributed by atoms with E-state index in [1.165, 1.54) is 18.2 Å². The summed E-state index contributed by atoms with van der Waals surface area (Å²) in [7, 11) is 0. The maximum atomic E-state index is 12.3. The molecular formula is C13H17ClN2O3. The van der Waals surface area contributed by atoms with Gasteiger partial charge in [0.1, 0.15) is 5.75 Å². The average Bonchev–Trinajstić information content (AvgIpc) is 2.42. The number of hydrogen-bond donors (Lipinski definition) is 2. The zero-order valence-corrected chi connectivity index (χ0v) is 11.3. The van der Waals surface area contributed by atoms with Gasteiger partial charge >= 0.3 is 0 Å². The summed E-state index contributed by atoms with van der Waals surface area (Å²) in [6.07, 6.45) is 0. The molecule has 0 aliphatic carbocycles. The molecule has 1 heterocycles. The van der Waals surface area contributed by atoms with Gasteiger partial charge in [-0.15, -0.1) is 0 Å². The van der Waals surface area contributed by atoms with Gasteiger partial charge in [0, 0.05) is 32.7 Å². The predicted octanol–water partition coefficient (Wildman–Crippen LogP) is 0.796. The number of β-amino-alcohol motifs (C(OH)–C–C–N with tert-alkyl or cyclic N) is 1. The lowest BCUT2D eigenvalue weighted by molar-refractivity contribution is 0.0615. The molecule has 5 nitrogen and oxygen atoms in total. The van der Waals surface area contributed by atoms with Crippen LogP contribution in [0.4, 0.5) is 0 Å². The van der Waals surface area contributed by atoms with Crippen molar-refractivity contribution in [2.75, 3.05) is 39.3 Å². The number of rotatable bonds is 3. The molecule has 0 atom stereocenters. The van der Waals surface area contributed by atoms with Crippen LogP contribution in [0.1, 0.15) is 10.4 Å². The molecule has 0 aromatic heterocycles. The summed E-state index contributed by atoms with van der Waals surface area (Å²) in [5.74, 6) is -0.129. The van der Waals surface area contributed by atoms with E-state index in [1.54, 1.807) is 4.90 Å². The van der Waals surface area contributed by atoms with Gasteiger partial charge in [0.15, 0.2) is 0 Å². The minimum Gasteiger partial charge on any atom is -0.508 e. The van der Waals surface area contributed by atoms with Crippen LogP contribution in [0.3, 0.4) is 0 Å². The maximum absolute atomic E-state index is 12.3. The molecular weight excluding hydrogens is 268 g/mol. The highest BCUT2D eigenvalue weighted by molar-refractivity contribution is 6.33. The zero-order valence-electron chi connectivity index (χ0n) is 10.5. The van der Waals surface area contributed by atoms with E-state index < -0.39 is 0 Å². The van der Waals surface area contributed by atoms with Crippen LogP contribution in [-0.4, -0.2) is 65.3 Å². The second-order valence-corrected chi connectivity index (χ2v) is 4.93. The third kappa shape index (κ3) is 3.37. The molecule has 1 aromatic carbocycles. The second-order valence-electron chi connectivity index (χ2n) is 4.52. The van der Waals surface area contributed by atoms with Gasteiger partial charge in [0.2, 0.25) is 0 Å². The fourth-order valence-electron chi connectivity index (χ4n) is 2.16. The van der Waals surface area contributed by atoms with Gasteiger partial charge in [-0.2, -0.15) is 0 Å². The number of benzene rings is 1. The smallest absolute Gasteiger partial charge is 0.255 e. The third-order valence-electron chi connectivity index (χ3n) is 3.26. The van der Waals surface area contributed by atoms with Crippen LogP contribution in [0.5, 0.6) is 5.75 Å². The highest BCUT2D eigenvalue weighted by atomic mass is 35.5. The first-order chi connectivity index (χ1) is 9.11. The van der Waals surface area contributed by atoms with Crippen molar-refractivity contribution in [2.24, 2.45) is 0 Å². The molecule has 1 amide bonds. The van der Waals surface area contributed by atoms with Crippen molar-refractivity contribution in [2.45, 2.75) is 0 Å². The van der Waals surface area contributed by atoms with Crippen molar-refractivity contribution >= 4 is 17.5 Å². The number of aliphatic hydroxyl groups is 1. The fraction of sp³-hybridized carbons (Fsp3) is 0.462. The molecule has 2 N–H and O–H groups in total. The van der Waals surface area contributed by atoms with Crippen molar-refractivity contribution in [1.82, 2.24) is 9.80 Å². The second kappa shape index (κ2) is 6.23. The lowest BCUT2D eigenvalue weighted by Crippen LogP contribution is -2.49. The van der Waals surface area contributed by atoms with Gasteiger partial charge in [0.25, 0.3) is 5.91 Å². The quantitative estimate of drug-likeness (QED) is 0.862. The van der Waals surface area contributed by atoms with Gasteiger partial charge in [-0.05, 0) is 18.2 Å². The number of aromatic hydroxyl groups is 1. The van der Waals surface area contributed by atoms with E-state index in [0.717, 1.165) is 13.1 Å². The Morgan fingerprint density at radius 3 is 2.58 bits per heavy atom. The molecule has 0 saturated carbocycles.